The second-order valence-corrected chi connectivity index (χ2v) is 3.22. The molecule has 0 aliphatic heterocycles. The van der Waals surface area contributed by atoms with Crippen LogP contribution in [0.25, 0.3) is 0 Å². The maximum absolute atomic E-state index is 12.1. The summed E-state index contributed by atoms with van der Waals surface area (Å²) in [5.41, 5.74) is 0. The fraction of sp³-hybridized carbons (Fsp3) is 0.250. The van der Waals surface area contributed by atoms with Crippen LogP contribution in [0.3, 0.4) is 0 Å². The topological polar surface area (TPSA) is 52.0 Å². The summed E-state index contributed by atoms with van der Waals surface area (Å²) in [6.07, 6.45) is 0.932. The van der Waals surface area contributed by atoms with Crippen molar-refractivity contribution in [2.75, 3.05) is 0 Å². The highest BCUT2D eigenvalue weighted by Gasteiger charge is 2.16. The third kappa shape index (κ3) is 1.76. The minimum Gasteiger partial charge on any atom is -0.210 e. The molecule has 0 saturated carbocycles. The number of alkyl halides is 2. The van der Waals surface area contributed by atoms with Crippen molar-refractivity contribution in [3.63, 3.8) is 0 Å². The summed E-state index contributed by atoms with van der Waals surface area (Å²) in [5.74, 6) is 0. The second kappa shape index (κ2) is 2.77. The van der Waals surface area contributed by atoms with Gasteiger partial charge in [-0.15, -0.1) is 3.89 Å². The molecule has 0 aliphatic rings. The predicted octanol–water partition coefficient (Wildman–Crippen LogP) is 0.936. The Morgan fingerprint density at radius 2 is 2.08 bits per heavy atom. The molecule has 1 heterocycles. The van der Waals surface area contributed by atoms with Gasteiger partial charge in [-0.05, 0) is 0 Å². The molecule has 68 valence electrons. The second-order valence-electron chi connectivity index (χ2n) is 1.87. The van der Waals surface area contributed by atoms with Crippen LogP contribution >= 0.6 is 0 Å². The first-order chi connectivity index (χ1) is 5.41. The predicted molar refractivity (Wildman–Crippen MR) is 31.8 cm³/mol. The van der Waals surface area contributed by atoms with Gasteiger partial charge in [0.25, 0.3) is 0 Å². The van der Waals surface area contributed by atoms with E-state index < -0.39 is 21.7 Å². The first-order valence-electron chi connectivity index (χ1n) is 2.68. The Morgan fingerprint density at radius 1 is 1.50 bits per heavy atom. The molecule has 0 aromatic carbocycles. The van der Waals surface area contributed by atoms with E-state index in [1.54, 1.807) is 0 Å². The minimum absolute atomic E-state index is 0.0481. The lowest BCUT2D eigenvalue weighted by molar-refractivity contribution is 0.0564. The van der Waals surface area contributed by atoms with E-state index >= 15 is 0 Å². The van der Waals surface area contributed by atoms with Crippen molar-refractivity contribution in [3.05, 3.63) is 12.4 Å². The minimum atomic E-state index is -4.93. The fourth-order valence-corrected chi connectivity index (χ4v) is 0.960. The van der Waals surface area contributed by atoms with Gasteiger partial charge in [0.05, 0.1) is 12.4 Å². The molecule has 0 N–H and O–H groups in total. The quantitative estimate of drug-likeness (QED) is 0.667. The van der Waals surface area contributed by atoms with E-state index in [1.807, 2.05) is 0 Å². The molecule has 0 unspecified atom stereocenters. The van der Waals surface area contributed by atoms with Gasteiger partial charge in [0.15, 0.2) is 0 Å². The standard InChI is InChI=1S/C4H3F3N2O2S/c5-4(6)9-2-3(1-8-9)12(7,10)11/h1-2,4H. The molecule has 0 spiro atoms. The molecule has 0 bridgehead atoms. The van der Waals surface area contributed by atoms with Crippen molar-refractivity contribution in [1.29, 1.82) is 0 Å². The maximum Gasteiger partial charge on any atom is 0.335 e. The lowest BCUT2D eigenvalue weighted by Crippen LogP contribution is -1.97. The van der Waals surface area contributed by atoms with Gasteiger partial charge in [0.2, 0.25) is 0 Å². The Morgan fingerprint density at radius 3 is 2.33 bits per heavy atom. The van der Waals surface area contributed by atoms with Gasteiger partial charge in [0, 0.05) is 0 Å². The molecule has 1 aromatic heterocycles. The van der Waals surface area contributed by atoms with Crippen LogP contribution in [0.2, 0.25) is 0 Å². The molecule has 0 fully saturated rings. The SMILES string of the molecule is O=S(=O)(F)c1cnn(C(F)F)c1. The number of hydrogen-bond donors (Lipinski definition) is 0. The Balaban J connectivity index is 3.09. The van der Waals surface area contributed by atoms with Gasteiger partial charge in [-0.3, -0.25) is 0 Å². The summed E-state index contributed by atoms with van der Waals surface area (Å²) in [7, 11) is -4.93. The van der Waals surface area contributed by atoms with Crippen molar-refractivity contribution in [3.8, 4) is 0 Å². The molecule has 8 heteroatoms. The van der Waals surface area contributed by atoms with Crippen molar-refractivity contribution in [2.45, 2.75) is 11.4 Å². The van der Waals surface area contributed by atoms with Crippen molar-refractivity contribution >= 4 is 10.2 Å². The van der Waals surface area contributed by atoms with Crippen LogP contribution in [0.15, 0.2) is 17.3 Å². The molecule has 0 radical (unpaired) electrons. The molecular weight excluding hydrogens is 197 g/mol. The first kappa shape index (κ1) is 9.04. The molecule has 0 atom stereocenters. The van der Waals surface area contributed by atoms with E-state index in [9.17, 15) is 21.1 Å². The van der Waals surface area contributed by atoms with Crippen LogP contribution in [-0.2, 0) is 10.2 Å². The van der Waals surface area contributed by atoms with E-state index in [-0.39, 0.29) is 4.68 Å². The number of hydrogen-bond acceptors (Lipinski definition) is 3. The fourth-order valence-electron chi connectivity index (χ4n) is 0.553. The van der Waals surface area contributed by atoms with E-state index in [1.165, 1.54) is 0 Å². The van der Waals surface area contributed by atoms with Gasteiger partial charge in [-0.1, -0.05) is 0 Å². The largest absolute Gasteiger partial charge is 0.335 e. The highest BCUT2D eigenvalue weighted by molar-refractivity contribution is 7.86. The number of aromatic nitrogens is 2. The smallest absolute Gasteiger partial charge is 0.210 e. The zero-order valence-corrected chi connectivity index (χ0v) is 6.30. The van der Waals surface area contributed by atoms with E-state index in [0.717, 1.165) is 0 Å². The zero-order chi connectivity index (χ0) is 9.35. The molecule has 1 rings (SSSR count). The molecule has 0 saturated heterocycles. The highest BCUT2D eigenvalue weighted by Crippen LogP contribution is 2.14. The van der Waals surface area contributed by atoms with Crippen LogP contribution in [0.5, 0.6) is 0 Å². The average Bonchev–Trinajstić information content (AvgIpc) is 2.30. The van der Waals surface area contributed by atoms with Crippen LogP contribution in [0, 0.1) is 0 Å². The van der Waals surface area contributed by atoms with E-state index in [0.29, 0.717) is 12.4 Å². The molecule has 1 aromatic rings. The summed E-state index contributed by atoms with van der Waals surface area (Å²) in [4.78, 5) is -0.872. The molecular formula is C4H3F3N2O2S. The van der Waals surface area contributed by atoms with Crippen molar-refractivity contribution < 1.29 is 21.1 Å². The number of rotatable bonds is 2. The van der Waals surface area contributed by atoms with Crippen LogP contribution < -0.4 is 0 Å². The lowest BCUT2D eigenvalue weighted by Gasteiger charge is -1.94. The van der Waals surface area contributed by atoms with E-state index in [2.05, 4.69) is 5.10 Å². The maximum atomic E-state index is 12.1. The Bertz CT molecular complexity index is 371. The summed E-state index contributed by atoms with van der Waals surface area (Å²) in [6, 6.07) is 0. The third-order valence-electron chi connectivity index (χ3n) is 1.06. The summed E-state index contributed by atoms with van der Waals surface area (Å²) in [6.45, 7) is -2.97. The van der Waals surface area contributed by atoms with Crippen molar-refractivity contribution in [2.24, 2.45) is 0 Å². The van der Waals surface area contributed by atoms with Gasteiger partial charge >= 0.3 is 16.8 Å². The normalized spacial score (nSPS) is 12.3. The van der Waals surface area contributed by atoms with Gasteiger partial charge in [-0.25, -0.2) is 4.68 Å². The molecule has 0 aliphatic carbocycles. The summed E-state index contributed by atoms with van der Waals surface area (Å²) in [5, 5.41) is 2.93. The monoisotopic (exact) mass is 200 g/mol. The third-order valence-corrected chi connectivity index (χ3v) is 1.83. The molecule has 12 heavy (non-hydrogen) atoms. The molecule has 4 nitrogen and oxygen atoms in total. The average molecular weight is 200 g/mol. The Kier molecular flexibility index (Phi) is 2.09. The Hall–Kier alpha value is -1.05. The van der Waals surface area contributed by atoms with Crippen LogP contribution in [-0.4, -0.2) is 18.2 Å². The van der Waals surface area contributed by atoms with Crippen LogP contribution in [0.4, 0.5) is 12.7 Å². The number of halogens is 3. The summed E-state index contributed by atoms with van der Waals surface area (Å²) >= 11 is 0. The first-order valence-corrected chi connectivity index (χ1v) is 4.06. The summed E-state index contributed by atoms with van der Waals surface area (Å²) < 4.78 is 55.8. The lowest BCUT2D eigenvalue weighted by atomic mass is 10.7. The van der Waals surface area contributed by atoms with Crippen LogP contribution in [0.1, 0.15) is 6.55 Å². The van der Waals surface area contributed by atoms with E-state index in [4.69, 9.17) is 0 Å². The van der Waals surface area contributed by atoms with Gasteiger partial charge in [-0.2, -0.15) is 22.3 Å². The van der Waals surface area contributed by atoms with Crippen molar-refractivity contribution in [1.82, 2.24) is 9.78 Å². The Labute approximate surface area is 65.8 Å². The van der Waals surface area contributed by atoms with Gasteiger partial charge < -0.3 is 0 Å². The molecule has 0 amide bonds. The number of nitrogens with zero attached hydrogens (tertiary/aromatic N) is 2. The van der Waals surface area contributed by atoms with Gasteiger partial charge in [0.1, 0.15) is 4.90 Å². The zero-order valence-electron chi connectivity index (χ0n) is 5.49. The highest BCUT2D eigenvalue weighted by atomic mass is 32.3.